The minimum absolute atomic E-state index is 0.0222. The molecule has 2 N–H and O–H groups in total. The highest BCUT2D eigenvalue weighted by Crippen LogP contribution is 2.26. The van der Waals surface area contributed by atoms with Crippen molar-refractivity contribution in [2.24, 2.45) is 5.92 Å². The van der Waals surface area contributed by atoms with E-state index in [2.05, 4.69) is 15.3 Å². The van der Waals surface area contributed by atoms with Crippen molar-refractivity contribution >= 4 is 34.2 Å². The highest BCUT2D eigenvalue weighted by atomic mass is 16.2. The third-order valence-corrected chi connectivity index (χ3v) is 4.43. The number of amides is 2. The molecule has 6 nitrogen and oxygen atoms in total. The van der Waals surface area contributed by atoms with Crippen LogP contribution in [0.1, 0.15) is 12.2 Å². The topological polar surface area (TPSA) is 78.1 Å². The summed E-state index contributed by atoms with van der Waals surface area (Å²) in [5, 5.41) is 2.91. The molecule has 6 heteroatoms. The highest BCUT2D eigenvalue weighted by molar-refractivity contribution is 6.03. The van der Waals surface area contributed by atoms with Crippen LogP contribution in [0.4, 0.5) is 11.4 Å². The van der Waals surface area contributed by atoms with E-state index in [9.17, 15) is 9.59 Å². The van der Waals surface area contributed by atoms with Gasteiger partial charge in [0, 0.05) is 24.3 Å². The first kappa shape index (κ1) is 15.4. The summed E-state index contributed by atoms with van der Waals surface area (Å²) in [4.78, 5) is 34.0. The van der Waals surface area contributed by atoms with Gasteiger partial charge in [0.25, 0.3) is 0 Å². The summed E-state index contributed by atoms with van der Waals surface area (Å²) in [6.45, 7) is 2.29. The summed E-state index contributed by atoms with van der Waals surface area (Å²) in [5.41, 5.74) is 3.27. The normalized spacial score (nSPS) is 17.2. The number of carbonyl (C=O) groups is 2. The Hall–Kier alpha value is -3.15. The van der Waals surface area contributed by atoms with Crippen LogP contribution in [-0.4, -0.2) is 28.3 Å². The van der Waals surface area contributed by atoms with Crippen LogP contribution >= 0.6 is 0 Å². The number of H-pyrrole nitrogens is 1. The SMILES string of the molecule is Cc1nc2ccc(NC(=O)[C@@H]3CC(=O)N(c4ccccc4)C3)cc2[nH]1. The molecule has 0 bridgehead atoms. The summed E-state index contributed by atoms with van der Waals surface area (Å²) < 4.78 is 0. The lowest BCUT2D eigenvalue weighted by Crippen LogP contribution is -2.28. The Morgan fingerprint density at radius 1 is 1.24 bits per heavy atom. The maximum atomic E-state index is 12.6. The van der Waals surface area contributed by atoms with Gasteiger partial charge in [-0.1, -0.05) is 18.2 Å². The quantitative estimate of drug-likeness (QED) is 0.773. The van der Waals surface area contributed by atoms with Crippen LogP contribution in [0.2, 0.25) is 0 Å². The fourth-order valence-corrected chi connectivity index (χ4v) is 3.20. The van der Waals surface area contributed by atoms with Crippen LogP contribution in [0.25, 0.3) is 11.0 Å². The second kappa shape index (κ2) is 6.05. The van der Waals surface area contributed by atoms with Crippen molar-refractivity contribution in [2.75, 3.05) is 16.8 Å². The van der Waals surface area contributed by atoms with Gasteiger partial charge in [0.2, 0.25) is 11.8 Å². The first-order valence-corrected chi connectivity index (χ1v) is 8.23. The van der Waals surface area contributed by atoms with Gasteiger partial charge in [-0.25, -0.2) is 4.98 Å². The molecule has 25 heavy (non-hydrogen) atoms. The number of hydrogen-bond donors (Lipinski definition) is 2. The Kier molecular flexibility index (Phi) is 3.72. The van der Waals surface area contributed by atoms with Crippen molar-refractivity contribution < 1.29 is 9.59 Å². The van der Waals surface area contributed by atoms with Crippen LogP contribution in [0.3, 0.4) is 0 Å². The zero-order valence-corrected chi connectivity index (χ0v) is 13.8. The van der Waals surface area contributed by atoms with Gasteiger partial charge in [-0.2, -0.15) is 0 Å². The monoisotopic (exact) mass is 334 g/mol. The van der Waals surface area contributed by atoms with Crippen molar-refractivity contribution in [1.29, 1.82) is 0 Å². The zero-order chi connectivity index (χ0) is 17.4. The average molecular weight is 334 g/mol. The Labute approximate surface area is 144 Å². The van der Waals surface area contributed by atoms with E-state index in [1.54, 1.807) is 4.90 Å². The molecule has 0 aliphatic carbocycles. The molecule has 3 aromatic rings. The maximum Gasteiger partial charge on any atom is 0.229 e. The molecular formula is C19H18N4O2. The molecule has 1 atom stereocenters. The predicted molar refractivity (Wildman–Crippen MR) is 96.4 cm³/mol. The van der Waals surface area contributed by atoms with E-state index in [-0.39, 0.29) is 24.2 Å². The lowest BCUT2D eigenvalue weighted by Gasteiger charge is -2.16. The largest absolute Gasteiger partial charge is 0.342 e. The summed E-state index contributed by atoms with van der Waals surface area (Å²) in [6.07, 6.45) is 0.228. The molecule has 2 aromatic carbocycles. The standard InChI is InChI=1S/C19H18N4O2/c1-12-20-16-8-7-14(10-17(16)21-12)22-19(25)13-9-18(24)23(11-13)15-5-3-2-4-6-15/h2-8,10,13H,9,11H2,1H3,(H,20,21)(H,22,25)/t13-/m1/s1. The number of hydrogen-bond acceptors (Lipinski definition) is 3. The lowest BCUT2D eigenvalue weighted by atomic mass is 10.1. The maximum absolute atomic E-state index is 12.6. The van der Waals surface area contributed by atoms with Crippen LogP contribution in [-0.2, 0) is 9.59 Å². The first-order chi connectivity index (χ1) is 12.1. The van der Waals surface area contributed by atoms with Crippen LogP contribution in [0.5, 0.6) is 0 Å². The number of benzene rings is 2. The molecular weight excluding hydrogens is 316 g/mol. The summed E-state index contributed by atoms with van der Waals surface area (Å²) in [5.74, 6) is 0.318. The van der Waals surface area contributed by atoms with Crippen LogP contribution < -0.4 is 10.2 Å². The first-order valence-electron chi connectivity index (χ1n) is 8.23. The van der Waals surface area contributed by atoms with Crippen LogP contribution in [0, 0.1) is 12.8 Å². The van der Waals surface area contributed by atoms with Crippen molar-refractivity contribution in [1.82, 2.24) is 9.97 Å². The number of aryl methyl sites for hydroxylation is 1. The smallest absolute Gasteiger partial charge is 0.229 e. The lowest BCUT2D eigenvalue weighted by molar-refractivity contribution is -0.122. The zero-order valence-electron chi connectivity index (χ0n) is 13.8. The Morgan fingerprint density at radius 3 is 2.84 bits per heavy atom. The van der Waals surface area contributed by atoms with Crippen molar-refractivity contribution in [3.63, 3.8) is 0 Å². The third-order valence-electron chi connectivity index (χ3n) is 4.43. The summed E-state index contributed by atoms with van der Waals surface area (Å²) >= 11 is 0. The highest BCUT2D eigenvalue weighted by Gasteiger charge is 2.35. The number of imidazole rings is 1. The molecule has 126 valence electrons. The molecule has 0 unspecified atom stereocenters. The fourth-order valence-electron chi connectivity index (χ4n) is 3.20. The predicted octanol–water partition coefficient (Wildman–Crippen LogP) is 2.86. The van der Waals surface area contributed by atoms with E-state index in [4.69, 9.17) is 0 Å². The van der Waals surface area contributed by atoms with Gasteiger partial charge in [-0.15, -0.1) is 0 Å². The summed E-state index contributed by atoms with van der Waals surface area (Å²) in [7, 11) is 0. The molecule has 1 saturated heterocycles. The molecule has 1 aliphatic heterocycles. The van der Waals surface area contributed by atoms with E-state index in [0.717, 1.165) is 22.5 Å². The van der Waals surface area contributed by atoms with Crippen molar-refractivity contribution in [3.8, 4) is 0 Å². The van der Waals surface area contributed by atoms with E-state index in [1.807, 2.05) is 55.5 Å². The minimum atomic E-state index is -0.355. The molecule has 0 saturated carbocycles. The molecule has 1 aromatic heterocycles. The number of carbonyl (C=O) groups excluding carboxylic acids is 2. The Balaban J connectivity index is 1.48. The fraction of sp³-hybridized carbons (Fsp3) is 0.211. The minimum Gasteiger partial charge on any atom is -0.342 e. The number of fused-ring (bicyclic) bond motifs is 1. The van der Waals surface area contributed by atoms with E-state index >= 15 is 0 Å². The van der Waals surface area contributed by atoms with Gasteiger partial charge >= 0.3 is 0 Å². The second-order valence-corrected chi connectivity index (χ2v) is 6.28. The number of anilines is 2. The Bertz CT molecular complexity index is 948. The van der Waals surface area contributed by atoms with Gasteiger partial charge in [-0.3, -0.25) is 9.59 Å². The summed E-state index contributed by atoms with van der Waals surface area (Å²) in [6, 6.07) is 15.0. The van der Waals surface area contributed by atoms with Gasteiger partial charge in [0.1, 0.15) is 5.82 Å². The van der Waals surface area contributed by atoms with E-state index in [0.29, 0.717) is 12.2 Å². The number of rotatable bonds is 3. The molecule has 2 amide bonds. The van der Waals surface area contributed by atoms with Crippen molar-refractivity contribution in [3.05, 3.63) is 54.4 Å². The molecule has 1 aliphatic rings. The van der Waals surface area contributed by atoms with Gasteiger partial charge in [-0.05, 0) is 37.3 Å². The number of nitrogens with one attached hydrogen (secondary N) is 2. The van der Waals surface area contributed by atoms with Gasteiger partial charge < -0.3 is 15.2 Å². The second-order valence-electron chi connectivity index (χ2n) is 6.28. The molecule has 0 spiro atoms. The molecule has 1 fully saturated rings. The molecule has 4 rings (SSSR count). The third kappa shape index (κ3) is 2.98. The van der Waals surface area contributed by atoms with Crippen LogP contribution in [0.15, 0.2) is 48.5 Å². The Morgan fingerprint density at radius 2 is 2.04 bits per heavy atom. The number of aromatic amines is 1. The molecule has 0 radical (unpaired) electrons. The molecule has 2 heterocycles. The van der Waals surface area contributed by atoms with E-state index < -0.39 is 0 Å². The van der Waals surface area contributed by atoms with E-state index in [1.165, 1.54) is 0 Å². The number of aromatic nitrogens is 2. The van der Waals surface area contributed by atoms with Crippen molar-refractivity contribution in [2.45, 2.75) is 13.3 Å². The number of nitrogens with zero attached hydrogens (tertiary/aromatic N) is 2. The van der Waals surface area contributed by atoms with Gasteiger partial charge in [0.05, 0.1) is 17.0 Å². The average Bonchev–Trinajstić information content (AvgIpc) is 3.17. The number of para-hydroxylation sites is 1. The van der Waals surface area contributed by atoms with Gasteiger partial charge in [0.15, 0.2) is 0 Å².